The average Bonchev–Trinajstić information content (AvgIpc) is 3.32. The molecule has 0 radical (unpaired) electrons. The van der Waals surface area contributed by atoms with Gasteiger partial charge in [0, 0.05) is 42.8 Å². The Kier molecular flexibility index (Phi) is 4.33. The molecule has 3 aliphatic rings. The predicted octanol–water partition coefficient (Wildman–Crippen LogP) is 5.03. The summed E-state index contributed by atoms with van der Waals surface area (Å²) in [6, 6.07) is 5.54. The second-order valence-corrected chi connectivity index (χ2v) is 9.55. The summed E-state index contributed by atoms with van der Waals surface area (Å²) in [5, 5.41) is 2.94. The van der Waals surface area contributed by atoms with E-state index in [4.69, 9.17) is 14.1 Å². The molecular formula is C25H27N5O3. The van der Waals surface area contributed by atoms with E-state index in [2.05, 4.69) is 21.5 Å². The Morgan fingerprint density at radius 1 is 1.27 bits per heavy atom. The van der Waals surface area contributed by atoms with Gasteiger partial charge in [0.1, 0.15) is 23.3 Å². The van der Waals surface area contributed by atoms with Crippen LogP contribution >= 0.6 is 0 Å². The molecule has 33 heavy (non-hydrogen) atoms. The van der Waals surface area contributed by atoms with Gasteiger partial charge in [-0.15, -0.1) is 0 Å². The summed E-state index contributed by atoms with van der Waals surface area (Å²) in [5.41, 5.74) is 4.59. The molecule has 4 heterocycles. The minimum absolute atomic E-state index is 0. The lowest BCUT2D eigenvalue weighted by Gasteiger charge is -2.61. The molecule has 8 nitrogen and oxygen atoms in total. The van der Waals surface area contributed by atoms with Gasteiger partial charge in [-0.05, 0) is 58.1 Å². The topological polar surface area (TPSA) is 94.6 Å². The number of aryl methyl sites for hydroxylation is 1. The van der Waals surface area contributed by atoms with Gasteiger partial charge in [0.25, 0.3) is 5.91 Å². The molecule has 8 heteroatoms. The molecule has 3 fully saturated rings. The largest absolute Gasteiger partial charge is 0.489 e. The Morgan fingerprint density at radius 3 is 2.79 bits per heavy atom. The minimum atomic E-state index is -0.372. The van der Waals surface area contributed by atoms with Gasteiger partial charge in [-0.1, -0.05) is 0 Å². The van der Waals surface area contributed by atoms with E-state index in [0.717, 1.165) is 28.5 Å². The summed E-state index contributed by atoms with van der Waals surface area (Å²) in [6.45, 7) is 5.80. The molecule has 2 bridgehead atoms. The van der Waals surface area contributed by atoms with Crippen molar-refractivity contribution in [3.63, 3.8) is 0 Å². The van der Waals surface area contributed by atoms with E-state index < -0.39 is 0 Å². The molecule has 0 unspecified atom stereocenters. The summed E-state index contributed by atoms with van der Waals surface area (Å²) in [7, 11) is 0. The first-order valence-corrected chi connectivity index (χ1v) is 11.3. The fraction of sp³-hybridized carbons (Fsp3) is 0.360. The number of carbonyl (C=O) groups excluding carboxylic acids is 1. The molecule has 1 N–H and O–H groups in total. The summed E-state index contributed by atoms with van der Waals surface area (Å²) in [4.78, 5) is 26.4. The standard InChI is InChI=1S/C25H25N5O3.H2/c1-14(2)33-20-7-22-29-21(25-8-16(9-25)10-25)12-30(22)11-18(20)27-23(31)19-13-32-24(28-19)17-4-5-26-15(3)6-17;/h4-7,11-14,16H,8-10H2,1-3H3,(H,27,31);1H. The number of aromatic nitrogens is 4. The molecule has 4 aromatic heterocycles. The van der Waals surface area contributed by atoms with Crippen molar-refractivity contribution in [2.45, 2.75) is 51.6 Å². The Hall–Kier alpha value is -3.68. The van der Waals surface area contributed by atoms with Crippen molar-refractivity contribution in [3.8, 4) is 17.2 Å². The van der Waals surface area contributed by atoms with Gasteiger partial charge in [0.05, 0.1) is 11.8 Å². The van der Waals surface area contributed by atoms with E-state index >= 15 is 0 Å². The molecule has 4 aromatic rings. The Bertz CT molecular complexity index is 1380. The van der Waals surface area contributed by atoms with E-state index in [-0.39, 0.29) is 24.5 Å². The average molecular weight is 446 g/mol. The van der Waals surface area contributed by atoms with E-state index in [0.29, 0.717) is 17.3 Å². The minimum Gasteiger partial charge on any atom is -0.489 e. The van der Waals surface area contributed by atoms with Crippen LogP contribution in [0.25, 0.3) is 17.1 Å². The summed E-state index contributed by atoms with van der Waals surface area (Å²) in [6.07, 6.45) is 10.7. The van der Waals surface area contributed by atoms with Crippen LogP contribution < -0.4 is 10.1 Å². The number of nitrogens with one attached hydrogen (secondary N) is 1. The zero-order valence-corrected chi connectivity index (χ0v) is 18.8. The fourth-order valence-corrected chi connectivity index (χ4v) is 4.88. The molecule has 0 spiro atoms. The molecule has 3 saturated carbocycles. The molecular weight excluding hydrogens is 418 g/mol. The summed E-state index contributed by atoms with van der Waals surface area (Å²) in [5.74, 6) is 1.46. The third-order valence-electron chi connectivity index (χ3n) is 6.63. The maximum Gasteiger partial charge on any atom is 0.277 e. The molecule has 0 saturated heterocycles. The van der Waals surface area contributed by atoms with Gasteiger partial charge in [0.15, 0.2) is 5.69 Å². The van der Waals surface area contributed by atoms with Gasteiger partial charge in [-0.3, -0.25) is 9.78 Å². The third-order valence-corrected chi connectivity index (χ3v) is 6.63. The van der Waals surface area contributed by atoms with E-state index in [1.54, 1.807) is 12.3 Å². The number of amides is 1. The maximum atomic E-state index is 13.0. The zero-order chi connectivity index (χ0) is 22.7. The van der Waals surface area contributed by atoms with Crippen LogP contribution in [0.4, 0.5) is 5.69 Å². The van der Waals surface area contributed by atoms with Gasteiger partial charge in [0.2, 0.25) is 5.89 Å². The summed E-state index contributed by atoms with van der Waals surface area (Å²) >= 11 is 0. The normalized spacial score (nSPS) is 21.0. The van der Waals surface area contributed by atoms with E-state index in [1.807, 2.05) is 43.5 Å². The van der Waals surface area contributed by atoms with Gasteiger partial charge in [-0.25, -0.2) is 9.97 Å². The fourth-order valence-electron chi connectivity index (χ4n) is 4.88. The van der Waals surface area contributed by atoms with E-state index in [1.165, 1.54) is 25.5 Å². The van der Waals surface area contributed by atoms with Crippen LogP contribution in [-0.2, 0) is 5.41 Å². The SMILES string of the molecule is Cc1cc(-c2nc(C(=O)Nc3cn4cc(C56CC(C5)C6)nc4cc3OC(C)C)co2)ccn1.[HH]. The third kappa shape index (κ3) is 3.37. The Balaban J connectivity index is 0.00000241. The highest BCUT2D eigenvalue weighted by Gasteiger charge is 2.58. The lowest BCUT2D eigenvalue weighted by atomic mass is 9.43. The molecule has 0 atom stereocenters. The van der Waals surface area contributed by atoms with Crippen molar-refractivity contribution in [2.24, 2.45) is 5.92 Å². The molecule has 3 aliphatic carbocycles. The molecule has 0 aromatic carbocycles. The van der Waals surface area contributed by atoms with Crippen molar-refractivity contribution in [2.75, 3.05) is 5.32 Å². The first-order chi connectivity index (χ1) is 15.9. The monoisotopic (exact) mass is 445 g/mol. The van der Waals surface area contributed by atoms with Crippen LogP contribution in [-0.4, -0.2) is 31.4 Å². The Morgan fingerprint density at radius 2 is 2.09 bits per heavy atom. The zero-order valence-electron chi connectivity index (χ0n) is 18.8. The number of rotatable bonds is 6. The van der Waals surface area contributed by atoms with Crippen LogP contribution in [0.1, 0.15) is 56.4 Å². The number of hydrogen-bond acceptors (Lipinski definition) is 6. The molecule has 0 aliphatic heterocycles. The number of carbonyl (C=O) groups is 1. The van der Waals surface area contributed by atoms with Crippen LogP contribution in [0, 0.1) is 12.8 Å². The second-order valence-electron chi connectivity index (χ2n) is 9.55. The summed E-state index contributed by atoms with van der Waals surface area (Å²) < 4.78 is 13.5. The lowest BCUT2D eigenvalue weighted by molar-refractivity contribution is -0.0304. The van der Waals surface area contributed by atoms with Gasteiger partial charge < -0.3 is 18.9 Å². The van der Waals surface area contributed by atoms with E-state index in [9.17, 15) is 4.79 Å². The van der Waals surface area contributed by atoms with Crippen molar-refractivity contribution in [1.82, 2.24) is 19.4 Å². The number of hydrogen-bond donors (Lipinski definition) is 1. The molecule has 170 valence electrons. The number of pyridine rings is 2. The van der Waals surface area contributed by atoms with Crippen molar-refractivity contribution < 1.29 is 15.4 Å². The van der Waals surface area contributed by atoms with Gasteiger partial charge >= 0.3 is 0 Å². The maximum absolute atomic E-state index is 13.0. The van der Waals surface area contributed by atoms with Crippen LogP contribution in [0.5, 0.6) is 5.75 Å². The molecule has 1 amide bonds. The van der Waals surface area contributed by atoms with Crippen LogP contribution in [0.2, 0.25) is 0 Å². The quantitative estimate of drug-likeness (QED) is 0.447. The first-order valence-electron chi connectivity index (χ1n) is 11.3. The van der Waals surface area contributed by atoms with Crippen LogP contribution in [0.3, 0.4) is 0 Å². The van der Waals surface area contributed by atoms with Crippen molar-refractivity contribution >= 4 is 17.2 Å². The smallest absolute Gasteiger partial charge is 0.277 e. The highest BCUT2D eigenvalue weighted by Crippen LogP contribution is 2.64. The highest BCUT2D eigenvalue weighted by atomic mass is 16.5. The number of fused-ring (bicyclic) bond motifs is 1. The van der Waals surface area contributed by atoms with Crippen LogP contribution in [0.15, 0.2) is 47.5 Å². The number of nitrogens with zero attached hydrogens (tertiary/aromatic N) is 4. The Labute approximate surface area is 192 Å². The predicted molar refractivity (Wildman–Crippen MR) is 125 cm³/mol. The van der Waals surface area contributed by atoms with Gasteiger partial charge in [-0.2, -0.15) is 0 Å². The number of ether oxygens (including phenoxy) is 1. The number of anilines is 1. The number of oxazole rings is 1. The number of imidazole rings is 1. The lowest BCUT2D eigenvalue weighted by Crippen LogP contribution is -2.55. The van der Waals surface area contributed by atoms with Crippen molar-refractivity contribution in [3.05, 3.63) is 60.1 Å². The molecule has 7 rings (SSSR count). The highest BCUT2D eigenvalue weighted by molar-refractivity contribution is 6.03. The first kappa shape index (κ1) is 20.0. The second kappa shape index (κ2) is 7.16. The van der Waals surface area contributed by atoms with Crippen molar-refractivity contribution in [1.29, 1.82) is 0 Å².